The monoisotopic (exact) mass is 1560 g/mol. The molecule has 0 aliphatic carbocycles. The fourth-order valence-corrected chi connectivity index (χ4v) is 8.32. The number of ether oxygens (including phenoxy) is 29. The van der Waals surface area contributed by atoms with E-state index in [0.29, 0.717) is 363 Å². The summed E-state index contributed by atoms with van der Waals surface area (Å²) in [6.45, 7) is 29.5. The van der Waals surface area contributed by atoms with Crippen molar-refractivity contribution >= 4 is 10.4 Å². The van der Waals surface area contributed by atoms with Crippen molar-refractivity contribution in [2.24, 2.45) is 0 Å². The predicted octanol–water partition coefficient (Wildman–Crippen LogP) is 3.80. The molecule has 0 spiro atoms. The molecule has 0 fully saturated rings. The van der Waals surface area contributed by atoms with Gasteiger partial charge in [0.2, 0.25) is 10.4 Å². The molecule has 0 bridgehead atoms. The lowest BCUT2D eigenvalue weighted by Crippen LogP contribution is -2.16. The molecule has 0 saturated heterocycles. The molecular formula is C70H141O34S-. The third kappa shape index (κ3) is 103. The van der Waals surface area contributed by atoms with Crippen LogP contribution >= 0.6 is 0 Å². The Kier molecular flexibility index (Phi) is 95.6. The first kappa shape index (κ1) is 104. The average molecular weight is 1560 g/mol. The molecule has 0 amide bonds. The molecule has 0 rings (SSSR count). The molecule has 0 aromatic carbocycles. The van der Waals surface area contributed by atoms with Crippen molar-refractivity contribution in [2.75, 3.05) is 390 Å². The normalized spacial score (nSPS) is 12.0. The van der Waals surface area contributed by atoms with Gasteiger partial charge in [-0.3, -0.25) is 0 Å². The first-order valence-corrected chi connectivity index (χ1v) is 39.4. The SMILES string of the molecule is CCCCCCCCCCCCOCCOCCOCCOCCOCCOCCOCCOCCOCCOCCOCCOCCOCCOCCOCCOCCOCCOCCOCCOCCOCCOCCOCCOCCOCCOCCOCCOCCOCCOOS(=O)(=O)[O-]. The third-order valence-corrected chi connectivity index (χ3v) is 13.8. The molecule has 0 radical (unpaired) electrons. The molecular weight excluding hydrogens is 1420 g/mol. The van der Waals surface area contributed by atoms with Gasteiger partial charge in [-0.25, -0.2) is 13.3 Å². The minimum Gasteiger partial charge on any atom is -0.724 e. The Labute approximate surface area is 628 Å². The zero-order valence-corrected chi connectivity index (χ0v) is 64.9. The Hall–Kier alpha value is -1.33. The maximum absolute atomic E-state index is 10.2. The molecule has 0 heterocycles. The van der Waals surface area contributed by atoms with Crippen LogP contribution in [-0.2, 0) is 157 Å². The van der Waals surface area contributed by atoms with Crippen LogP contribution in [0, 0.1) is 0 Å². The largest absolute Gasteiger partial charge is 0.724 e. The quantitative estimate of drug-likeness (QED) is 0.0275. The zero-order valence-electron chi connectivity index (χ0n) is 64.1. The van der Waals surface area contributed by atoms with Crippen molar-refractivity contribution in [3.05, 3.63) is 0 Å². The minimum atomic E-state index is -4.87. The number of unbranched alkanes of at least 4 members (excludes halogenated alkanes) is 9. The van der Waals surface area contributed by atoms with Gasteiger partial charge in [0.05, 0.1) is 377 Å². The molecule has 0 atom stereocenters. The summed E-state index contributed by atoms with van der Waals surface area (Å²) in [4.78, 5) is 4.16. The van der Waals surface area contributed by atoms with Crippen LogP contribution in [0.5, 0.6) is 0 Å². The highest BCUT2D eigenvalue weighted by molar-refractivity contribution is 7.80. The average Bonchev–Trinajstić information content (AvgIpc) is 2.74. The minimum absolute atomic E-state index is 0.0445. The third-order valence-electron chi connectivity index (χ3n) is 13.5. The standard InChI is InChI=1S/C70H142O34S/c1-2-3-4-5-6-7-8-9-10-11-12-74-13-14-75-15-16-76-17-18-77-19-20-78-21-22-79-23-24-80-25-26-81-27-28-82-29-30-83-31-32-84-33-34-85-35-36-86-37-38-87-39-40-88-41-42-89-43-44-90-45-46-91-47-48-92-49-50-93-51-52-94-53-54-95-55-56-96-57-58-97-59-60-98-61-62-99-63-64-100-65-66-101-67-68-102-69-70-103-104-105(71,72)73/h2-70H2,1H3,(H,71,72,73)/p-1. The van der Waals surface area contributed by atoms with E-state index in [1.807, 2.05) is 0 Å². The molecule has 34 nitrogen and oxygen atoms in total. The Morgan fingerprint density at radius 2 is 0.257 bits per heavy atom. The molecule has 0 N–H and O–H groups in total. The second-order valence-corrected chi connectivity index (χ2v) is 23.2. The zero-order chi connectivity index (χ0) is 75.2. The van der Waals surface area contributed by atoms with Gasteiger partial charge in [0, 0.05) is 6.61 Å². The van der Waals surface area contributed by atoms with E-state index >= 15 is 0 Å². The molecule has 0 aromatic heterocycles. The number of hydrogen-bond acceptors (Lipinski definition) is 34. The van der Waals surface area contributed by atoms with E-state index in [0.717, 1.165) is 13.0 Å². The molecule has 0 aliphatic rings. The van der Waals surface area contributed by atoms with Crippen LogP contribution in [-0.4, -0.2) is 403 Å². The van der Waals surface area contributed by atoms with Crippen molar-refractivity contribution in [1.29, 1.82) is 0 Å². The molecule has 0 unspecified atom stereocenters. The van der Waals surface area contributed by atoms with Crippen LogP contribution in [0.25, 0.3) is 0 Å². The van der Waals surface area contributed by atoms with E-state index in [9.17, 15) is 13.0 Å². The van der Waals surface area contributed by atoms with Gasteiger partial charge in [-0.1, -0.05) is 64.7 Å². The highest BCUT2D eigenvalue weighted by Crippen LogP contribution is 2.10. The fourth-order valence-electron chi connectivity index (χ4n) is 8.14. The Bertz CT molecular complexity index is 1650. The van der Waals surface area contributed by atoms with Crippen LogP contribution in [0.4, 0.5) is 0 Å². The first-order valence-electron chi connectivity index (χ1n) is 38.1. The van der Waals surface area contributed by atoms with Crippen molar-refractivity contribution in [2.45, 2.75) is 71.1 Å². The molecule has 0 aliphatic heterocycles. The lowest BCUT2D eigenvalue weighted by Gasteiger charge is -2.09. The summed E-state index contributed by atoms with van der Waals surface area (Å²) in [7, 11) is -4.87. The van der Waals surface area contributed by atoms with Crippen LogP contribution in [0.15, 0.2) is 0 Å². The Morgan fingerprint density at radius 3 is 0.381 bits per heavy atom. The second-order valence-electron chi connectivity index (χ2n) is 22.2. The predicted molar refractivity (Wildman–Crippen MR) is 382 cm³/mol. The van der Waals surface area contributed by atoms with Crippen LogP contribution in [0.1, 0.15) is 71.1 Å². The Balaban J connectivity index is 3.10. The summed E-state index contributed by atoms with van der Waals surface area (Å²) < 4.78 is 194. The van der Waals surface area contributed by atoms with E-state index in [1.165, 1.54) is 57.8 Å². The first-order chi connectivity index (χ1) is 52.1. The summed E-state index contributed by atoms with van der Waals surface area (Å²) in [6.07, 6.45) is 13.3. The highest BCUT2D eigenvalue weighted by atomic mass is 32.3. The smallest absolute Gasteiger partial charge is 0.245 e. The van der Waals surface area contributed by atoms with E-state index in [1.54, 1.807) is 0 Å². The van der Waals surface area contributed by atoms with E-state index < -0.39 is 10.4 Å². The van der Waals surface area contributed by atoms with E-state index in [4.69, 9.17) is 137 Å². The van der Waals surface area contributed by atoms with E-state index in [2.05, 4.69) is 16.1 Å². The lowest BCUT2D eigenvalue weighted by molar-refractivity contribution is -0.217. The summed E-state index contributed by atoms with van der Waals surface area (Å²) in [5, 5.41) is 0. The van der Waals surface area contributed by atoms with Gasteiger partial charge < -0.3 is 142 Å². The summed E-state index contributed by atoms with van der Waals surface area (Å²) in [6, 6.07) is 0. The molecule has 632 valence electrons. The fraction of sp³-hybridized carbons (Fsp3) is 1.00. The highest BCUT2D eigenvalue weighted by Gasteiger charge is 2.04. The van der Waals surface area contributed by atoms with Crippen LogP contribution < -0.4 is 0 Å². The van der Waals surface area contributed by atoms with E-state index in [-0.39, 0.29) is 19.8 Å². The Morgan fingerprint density at radius 1 is 0.152 bits per heavy atom. The van der Waals surface area contributed by atoms with Gasteiger partial charge in [0.15, 0.2) is 0 Å². The van der Waals surface area contributed by atoms with Crippen molar-refractivity contribution < 1.29 is 160 Å². The van der Waals surface area contributed by atoms with Gasteiger partial charge in [0.25, 0.3) is 0 Å². The second kappa shape index (κ2) is 96.9. The van der Waals surface area contributed by atoms with Crippen LogP contribution in [0.2, 0.25) is 0 Å². The van der Waals surface area contributed by atoms with Crippen molar-refractivity contribution in [3.63, 3.8) is 0 Å². The lowest BCUT2D eigenvalue weighted by atomic mass is 10.1. The van der Waals surface area contributed by atoms with Crippen molar-refractivity contribution in [1.82, 2.24) is 0 Å². The maximum atomic E-state index is 10.2. The summed E-state index contributed by atoms with van der Waals surface area (Å²) >= 11 is 0. The van der Waals surface area contributed by atoms with Gasteiger partial charge in [0.1, 0.15) is 6.61 Å². The van der Waals surface area contributed by atoms with Crippen molar-refractivity contribution in [3.8, 4) is 0 Å². The number of rotatable bonds is 100. The van der Waals surface area contributed by atoms with Gasteiger partial charge in [-0.15, -0.1) is 4.33 Å². The van der Waals surface area contributed by atoms with Crippen LogP contribution in [0.3, 0.4) is 0 Å². The van der Waals surface area contributed by atoms with Gasteiger partial charge in [-0.05, 0) is 6.42 Å². The molecule has 0 aromatic rings. The summed E-state index contributed by atoms with van der Waals surface area (Å²) in [5.41, 5.74) is 0. The van der Waals surface area contributed by atoms with Gasteiger partial charge in [-0.2, -0.15) is 0 Å². The molecule has 35 heteroatoms. The molecule has 0 saturated carbocycles. The summed E-state index contributed by atoms with van der Waals surface area (Å²) in [5.74, 6) is 0. The van der Waals surface area contributed by atoms with Gasteiger partial charge >= 0.3 is 0 Å². The topological polar surface area (TPSA) is 343 Å². The molecule has 105 heavy (non-hydrogen) atoms. The number of hydrogen-bond donors (Lipinski definition) is 0. The maximum Gasteiger partial charge on any atom is 0.245 e.